The summed E-state index contributed by atoms with van der Waals surface area (Å²) in [6.45, 7) is 10.1. The summed E-state index contributed by atoms with van der Waals surface area (Å²) in [5.41, 5.74) is -2.51. The van der Waals surface area contributed by atoms with Crippen LogP contribution < -0.4 is 5.32 Å². The fraction of sp³-hybridized carbons (Fsp3) is 0.846. The Kier molecular flexibility index (Phi) is 5.81. The van der Waals surface area contributed by atoms with Crippen LogP contribution in [0.5, 0.6) is 0 Å². The molecule has 0 aromatic rings. The third-order valence-electron chi connectivity index (χ3n) is 2.58. The lowest BCUT2D eigenvalue weighted by molar-refractivity contribution is -0.158. The van der Waals surface area contributed by atoms with Crippen LogP contribution in [-0.2, 0) is 9.53 Å². The van der Waals surface area contributed by atoms with Crippen LogP contribution in [0.25, 0.3) is 0 Å². The molecule has 0 aromatic carbocycles. The van der Waals surface area contributed by atoms with Gasteiger partial charge >= 0.3 is 12.1 Å². The van der Waals surface area contributed by atoms with Gasteiger partial charge in [-0.1, -0.05) is 13.8 Å². The molecule has 2 atom stereocenters. The minimum atomic E-state index is -1.88. The van der Waals surface area contributed by atoms with E-state index in [0.717, 1.165) is 0 Å². The predicted octanol–water partition coefficient (Wildman–Crippen LogP) is 1.76. The Bertz CT molecular complexity index is 330. The molecule has 0 fully saturated rings. The van der Waals surface area contributed by atoms with Crippen molar-refractivity contribution >= 4 is 12.1 Å². The Balaban J connectivity index is 4.69. The van der Waals surface area contributed by atoms with Crippen molar-refractivity contribution in [1.82, 2.24) is 5.32 Å². The number of ether oxygens (including phenoxy) is 1. The van der Waals surface area contributed by atoms with Crippen molar-refractivity contribution in [3.05, 3.63) is 0 Å². The number of hydrogen-bond acceptors (Lipinski definition) is 4. The average molecular weight is 275 g/mol. The molecule has 112 valence electrons. The summed E-state index contributed by atoms with van der Waals surface area (Å²) in [4.78, 5) is 22.6. The van der Waals surface area contributed by atoms with Gasteiger partial charge in [-0.05, 0) is 33.6 Å². The lowest BCUT2D eigenvalue weighted by atomic mass is 9.90. The zero-order valence-electron chi connectivity index (χ0n) is 12.5. The number of rotatable bonds is 5. The van der Waals surface area contributed by atoms with Crippen molar-refractivity contribution in [1.29, 1.82) is 0 Å². The minimum Gasteiger partial charge on any atom is -0.479 e. The van der Waals surface area contributed by atoms with Gasteiger partial charge in [0.25, 0.3) is 0 Å². The summed E-state index contributed by atoms with van der Waals surface area (Å²) in [7, 11) is 0. The number of aliphatic hydroxyl groups is 1. The SMILES string of the molecule is CC(C)C(CC(C)(O)C(=O)O)NC(=O)OC(C)(C)C. The maximum atomic E-state index is 11.7. The molecule has 19 heavy (non-hydrogen) atoms. The fourth-order valence-corrected chi connectivity index (χ4v) is 1.43. The predicted molar refractivity (Wildman–Crippen MR) is 70.9 cm³/mol. The summed E-state index contributed by atoms with van der Waals surface area (Å²) >= 11 is 0. The van der Waals surface area contributed by atoms with Crippen LogP contribution in [0.2, 0.25) is 0 Å². The van der Waals surface area contributed by atoms with Crippen molar-refractivity contribution in [2.75, 3.05) is 0 Å². The van der Waals surface area contributed by atoms with E-state index in [0.29, 0.717) is 0 Å². The van der Waals surface area contributed by atoms with Crippen molar-refractivity contribution in [3.63, 3.8) is 0 Å². The van der Waals surface area contributed by atoms with Gasteiger partial charge in [0.05, 0.1) is 0 Å². The summed E-state index contributed by atoms with van der Waals surface area (Å²) < 4.78 is 5.11. The second-order valence-electron chi connectivity index (χ2n) is 6.28. The first kappa shape index (κ1) is 17.7. The molecule has 0 heterocycles. The minimum absolute atomic E-state index is 0.0293. The standard InChI is InChI=1S/C13H25NO5/c1-8(2)9(7-13(6,18)10(15)16)14-11(17)19-12(3,4)5/h8-9,18H,7H2,1-6H3,(H,14,17)(H,15,16). The number of nitrogens with one attached hydrogen (secondary N) is 1. The lowest BCUT2D eigenvalue weighted by Gasteiger charge is -2.29. The quantitative estimate of drug-likeness (QED) is 0.710. The Labute approximate surface area is 114 Å². The van der Waals surface area contributed by atoms with Gasteiger partial charge in [0.2, 0.25) is 0 Å². The monoisotopic (exact) mass is 275 g/mol. The van der Waals surface area contributed by atoms with E-state index in [-0.39, 0.29) is 12.3 Å². The highest BCUT2D eigenvalue weighted by molar-refractivity contribution is 5.76. The van der Waals surface area contributed by atoms with E-state index >= 15 is 0 Å². The molecule has 0 aromatic heterocycles. The molecule has 2 unspecified atom stereocenters. The second-order valence-corrected chi connectivity index (χ2v) is 6.28. The average Bonchev–Trinajstić information content (AvgIpc) is 2.12. The molecule has 0 radical (unpaired) electrons. The van der Waals surface area contributed by atoms with E-state index < -0.39 is 29.3 Å². The molecular weight excluding hydrogens is 250 g/mol. The molecule has 0 spiro atoms. The molecule has 0 saturated heterocycles. The number of alkyl carbamates (subject to hydrolysis) is 1. The summed E-state index contributed by atoms with van der Waals surface area (Å²) in [5, 5.41) is 21.3. The van der Waals surface area contributed by atoms with Crippen LogP contribution in [0.3, 0.4) is 0 Å². The number of carboxylic acid groups (broad SMARTS) is 1. The highest BCUT2D eigenvalue weighted by Gasteiger charge is 2.35. The first-order valence-corrected chi connectivity index (χ1v) is 6.30. The van der Waals surface area contributed by atoms with Crippen molar-refractivity contribution in [3.8, 4) is 0 Å². The molecule has 3 N–H and O–H groups in total. The van der Waals surface area contributed by atoms with Crippen LogP contribution in [0.1, 0.15) is 48.0 Å². The largest absolute Gasteiger partial charge is 0.479 e. The number of carboxylic acids is 1. The van der Waals surface area contributed by atoms with Gasteiger partial charge in [0.15, 0.2) is 5.60 Å². The van der Waals surface area contributed by atoms with Gasteiger partial charge in [-0.15, -0.1) is 0 Å². The van der Waals surface area contributed by atoms with E-state index in [9.17, 15) is 14.7 Å². The first-order valence-electron chi connectivity index (χ1n) is 6.30. The van der Waals surface area contributed by atoms with Gasteiger partial charge in [0.1, 0.15) is 5.60 Å². The van der Waals surface area contributed by atoms with Crippen LogP contribution in [0.4, 0.5) is 4.79 Å². The molecular formula is C13H25NO5. The Hall–Kier alpha value is -1.30. The zero-order valence-corrected chi connectivity index (χ0v) is 12.5. The fourth-order valence-electron chi connectivity index (χ4n) is 1.43. The van der Waals surface area contributed by atoms with E-state index in [1.807, 2.05) is 13.8 Å². The van der Waals surface area contributed by atoms with E-state index in [4.69, 9.17) is 9.84 Å². The summed E-state index contributed by atoms with van der Waals surface area (Å²) in [6.07, 6.45) is -0.702. The topological polar surface area (TPSA) is 95.9 Å². The number of hydrogen-bond donors (Lipinski definition) is 3. The molecule has 6 nitrogen and oxygen atoms in total. The van der Waals surface area contributed by atoms with Gasteiger partial charge in [-0.25, -0.2) is 9.59 Å². The summed E-state index contributed by atoms with van der Waals surface area (Å²) in [6, 6.07) is -0.485. The van der Waals surface area contributed by atoms with Gasteiger partial charge < -0.3 is 20.3 Å². The second kappa shape index (κ2) is 6.23. The molecule has 6 heteroatoms. The maximum Gasteiger partial charge on any atom is 0.407 e. The highest BCUT2D eigenvalue weighted by atomic mass is 16.6. The van der Waals surface area contributed by atoms with Crippen molar-refractivity contribution in [2.24, 2.45) is 5.92 Å². The van der Waals surface area contributed by atoms with Gasteiger partial charge in [-0.2, -0.15) is 0 Å². The van der Waals surface area contributed by atoms with Gasteiger partial charge in [-0.3, -0.25) is 0 Å². The third kappa shape index (κ3) is 7.00. The highest BCUT2D eigenvalue weighted by Crippen LogP contribution is 2.18. The van der Waals surface area contributed by atoms with Crippen LogP contribution in [0, 0.1) is 5.92 Å². The van der Waals surface area contributed by atoms with Crippen LogP contribution >= 0.6 is 0 Å². The molecule has 0 aliphatic carbocycles. The third-order valence-corrected chi connectivity index (χ3v) is 2.58. The molecule has 0 rings (SSSR count). The van der Waals surface area contributed by atoms with E-state index in [1.54, 1.807) is 20.8 Å². The Morgan fingerprint density at radius 1 is 1.21 bits per heavy atom. The summed E-state index contributed by atoms with van der Waals surface area (Å²) in [5.74, 6) is -1.34. The lowest BCUT2D eigenvalue weighted by Crippen LogP contribution is -2.48. The van der Waals surface area contributed by atoms with Crippen LogP contribution in [0.15, 0.2) is 0 Å². The number of carbonyl (C=O) groups is 2. The normalized spacial score (nSPS) is 16.6. The molecule has 0 aliphatic rings. The van der Waals surface area contributed by atoms with Crippen molar-refractivity contribution in [2.45, 2.75) is 65.2 Å². The molecule has 0 saturated carbocycles. The number of amides is 1. The Morgan fingerprint density at radius 2 is 1.68 bits per heavy atom. The van der Waals surface area contributed by atoms with Gasteiger partial charge in [0, 0.05) is 12.5 Å². The number of aliphatic carboxylic acids is 1. The zero-order chi connectivity index (χ0) is 15.4. The number of carbonyl (C=O) groups excluding carboxylic acids is 1. The first-order chi connectivity index (χ1) is 8.35. The molecule has 0 aliphatic heterocycles. The molecule has 0 bridgehead atoms. The van der Waals surface area contributed by atoms with Crippen LogP contribution in [-0.4, -0.2) is 39.5 Å². The van der Waals surface area contributed by atoms with E-state index in [1.165, 1.54) is 6.92 Å². The molecule has 1 amide bonds. The maximum absolute atomic E-state index is 11.7. The smallest absolute Gasteiger partial charge is 0.407 e. The Morgan fingerprint density at radius 3 is 2.00 bits per heavy atom. The van der Waals surface area contributed by atoms with Crippen molar-refractivity contribution < 1.29 is 24.5 Å². The van der Waals surface area contributed by atoms with E-state index in [2.05, 4.69) is 5.32 Å².